The Balaban J connectivity index is 3.07. The van der Waals surface area contributed by atoms with Crippen molar-refractivity contribution in [3.63, 3.8) is 0 Å². The predicted octanol–water partition coefficient (Wildman–Crippen LogP) is 2.14. The van der Waals surface area contributed by atoms with Crippen molar-refractivity contribution >= 4 is 6.21 Å². The lowest BCUT2D eigenvalue weighted by Crippen LogP contribution is -1.87. The lowest BCUT2D eigenvalue weighted by Gasteiger charge is -1.78. The highest BCUT2D eigenvalue weighted by atomic mass is 14.7. The van der Waals surface area contributed by atoms with Crippen LogP contribution in [0.2, 0.25) is 0 Å². The number of aliphatic imine (C=N–C) groups is 1. The van der Waals surface area contributed by atoms with Crippen LogP contribution in [0.3, 0.4) is 0 Å². The summed E-state index contributed by atoms with van der Waals surface area (Å²) in [5, 5.41) is 0. The van der Waals surface area contributed by atoms with Gasteiger partial charge in [0.2, 0.25) is 0 Å². The zero-order valence-corrected chi connectivity index (χ0v) is 5.94. The number of hydrogen-bond donors (Lipinski definition) is 0. The molecule has 0 atom stereocenters. The molecule has 0 saturated heterocycles. The molecule has 0 radical (unpaired) electrons. The molecule has 0 aliphatic heterocycles. The summed E-state index contributed by atoms with van der Waals surface area (Å²) in [5.41, 5.74) is 0. The van der Waals surface area contributed by atoms with E-state index in [0.717, 1.165) is 12.8 Å². The summed E-state index contributed by atoms with van der Waals surface area (Å²) in [6.07, 6.45) is 5.11. The number of unbranched alkanes of at least 4 members (excludes halogenated alkanes) is 1. The second-order valence-electron chi connectivity index (χ2n) is 2.13. The van der Waals surface area contributed by atoms with E-state index < -0.39 is 0 Å². The summed E-state index contributed by atoms with van der Waals surface area (Å²) in [6, 6.07) is 0.418. The Morgan fingerprint density at radius 1 is 1.50 bits per heavy atom. The van der Waals surface area contributed by atoms with Gasteiger partial charge in [-0.3, -0.25) is 0 Å². The average Bonchev–Trinajstić information content (AvgIpc) is 1.66. The van der Waals surface area contributed by atoms with Crippen molar-refractivity contribution < 1.29 is 0 Å². The monoisotopic (exact) mass is 112 g/mol. The standard InChI is InChI=1S/C7H14N/c1-4-5-6-8-7(2)3/h7H,4-5H2,1-3H3/q+1. The molecule has 0 amide bonds. The fourth-order valence-corrected chi connectivity index (χ4v) is 0.359. The van der Waals surface area contributed by atoms with Crippen LogP contribution < -0.4 is 0 Å². The number of hydrogen-bond acceptors (Lipinski definition) is 1. The molecule has 1 heteroatoms. The van der Waals surface area contributed by atoms with Gasteiger partial charge in [0.05, 0.1) is 6.04 Å². The van der Waals surface area contributed by atoms with E-state index in [2.05, 4.69) is 32.0 Å². The summed E-state index contributed by atoms with van der Waals surface area (Å²) in [4.78, 5) is 4.06. The number of nitrogens with zero attached hydrogens (tertiary/aromatic N) is 1. The molecule has 0 N–H and O–H groups in total. The fraction of sp³-hybridized carbons (Fsp3) is 0.857. The third-order valence-corrected chi connectivity index (χ3v) is 0.711. The molecule has 0 aromatic heterocycles. The second kappa shape index (κ2) is 4.73. The van der Waals surface area contributed by atoms with Gasteiger partial charge in [0, 0.05) is 0 Å². The molecular weight excluding hydrogens is 98.1 g/mol. The van der Waals surface area contributed by atoms with Crippen LogP contribution in [0.1, 0.15) is 33.6 Å². The molecule has 46 valence electrons. The summed E-state index contributed by atoms with van der Waals surface area (Å²) in [7, 11) is 0. The van der Waals surface area contributed by atoms with Gasteiger partial charge in [-0.2, -0.15) is 0 Å². The van der Waals surface area contributed by atoms with Crippen LogP contribution in [-0.4, -0.2) is 12.3 Å². The molecule has 8 heavy (non-hydrogen) atoms. The molecule has 0 rings (SSSR count). The molecule has 0 aromatic rings. The first-order valence-corrected chi connectivity index (χ1v) is 3.20. The lowest BCUT2D eigenvalue weighted by molar-refractivity contribution is 0.832. The predicted molar refractivity (Wildman–Crippen MR) is 37.5 cm³/mol. The van der Waals surface area contributed by atoms with Crippen LogP contribution in [0.5, 0.6) is 0 Å². The molecule has 0 spiro atoms. The van der Waals surface area contributed by atoms with Crippen molar-refractivity contribution in [2.24, 2.45) is 4.99 Å². The Kier molecular flexibility index (Phi) is 4.48. The minimum atomic E-state index is 0.418. The van der Waals surface area contributed by atoms with Crippen LogP contribution in [-0.2, 0) is 0 Å². The quantitative estimate of drug-likeness (QED) is 0.392. The first kappa shape index (κ1) is 7.58. The van der Waals surface area contributed by atoms with E-state index in [1.165, 1.54) is 0 Å². The van der Waals surface area contributed by atoms with Crippen molar-refractivity contribution in [1.82, 2.24) is 0 Å². The highest BCUT2D eigenvalue weighted by molar-refractivity contribution is 5.57. The molecule has 0 aromatic carbocycles. The van der Waals surface area contributed by atoms with Crippen molar-refractivity contribution in [3.8, 4) is 0 Å². The van der Waals surface area contributed by atoms with Gasteiger partial charge in [0.1, 0.15) is 0 Å². The van der Waals surface area contributed by atoms with Gasteiger partial charge in [0.25, 0.3) is 0 Å². The zero-order valence-electron chi connectivity index (χ0n) is 5.94. The van der Waals surface area contributed by atoms with Gasteiger partial charge in [-0.05, 0) is 25.3 Å². The Bertz CT molecular complexity index is 64.8. The Hall–Kier alpha value is -0.420. The van der Waals surface area contributed by atoms with Gasteiger partial charge in [-0.15, -0.1) is 0 Å². The highest BCUT2D eigenvalue weighted by Gasteiger charge is 1.95. The van der Waals surface area contributed by atoms with Crippen LogP contribution >= 0.6 is 0 Å². The van der Waals surface area contributed by atoms with Gasteiger partial charge >= 0.3 is 6.21 Å². The molecule has 1 nitrogen and oxygen atoms in total. The van der Waals surface area contributed by atoms with Crippen molar-refractivity contribution in [2.75, 3.05) is 0 Å². The maximum atomic E-state index is 4.06. The summed E-state index contributed by atoms with van der Waals surface area (Å²) in [5.74, 6) is 0. The summed E-state index contributed by atoms with van der Waals surface area (Å²) in [6.45, 7) is 6.24. The second-order valence-corrected chi connectivity index (χ2v) is 2.13. The molecule has 0 bridgehead atoms. The normalized spacial score (nSPS) is 10.5. The molecule has 0 aliphatic rings. The van der Waals surface area contributed by atoms with Crippen LogP contribution in [0.25, 0.3) is 0 Å². The minimum absolute atomic E-state index is 0.418. The van der Waals surface area contributed by atoms with Crippen LogP contribution in [0.15, 0.2) is 4.99 Å². The topological polar surface area (TPSA) is 12.4 Å². The van der Waals surface area contributed by atoms with Crippen molar-refractivity contribution in [1.29, 1.82) is 0 Å². The Labute approximate surface area is 51.8 Å². The third kappa shape index (κ3) is 5.58. The maximum Gasteiger partial charge on any atom is 0.357 e. The number of rotatable bonds is 3. The lowest BCUT2D eigenvalue weighted by atomic mass is 10.3. The molecule has 0 unspecified atom stereocenters. The molecule has 0 fully saturated rings. The van der Waals surface area contributed by atoms with E-state index in [1.54, 1.807) is 0 Å². The minimum Gasteiger partial charge on any atom is -0.0606 e. The molecule has 0 aliphatic carbocycles. The highest BCUT2D eigenvalue weighted by Crippen LogP contribution is 1.86. The first-order valence-electron chi connectivity index (χ1n) is 3.20. The third-order valence-electron chi connectivity index (χ3n) is 0.711. The average molecular weight is 112 g/mol. The molecule has 0 saturated carbocycles. The Morgan fingerprint density at radius 3 is 2.50 bits per heavy atom. The maximum absolute atomic E-state index is 4.06. The zero-order chi connectivity index (χ0) is 6.41. The van der Waals surface area contributed by atoms with Gasteiger partial charge < -0.3 is 0 Å². The van der Waals surface area contributed by atoms with E-state index in [4.69, 9.17) is 0 Å². The molecular formula is C7H14N+. The van der Waals surface area contributed by atoms with E-state index in [9.17, 15) is 0 Å². The van der Waals surface area contributed by atoms with E-state index in [0.29, 0.717) is 6.04 Å². The summed E-state index contributed by atoms with van der Waals surface area (Å²) >= 11 is 0. The van der Waals surface area contributed by atoms with E-state index in [1.807, 2.05) is 0 Å². The SMILES string of the molecule is CCC[C+]=NC(C)C. The van der Waals surface area contributed by atoms with Crippen LogP contribution in [0.4, 0.5) is 0 Å². The Morgan fingerprint density at radius 2 is 2.12 bits per heavy atom. The van der Waals surface area contributed by atoms with E-state index >= 15 is 0 Å². The van der Waals surface area contributed by atoms with Crippen molar-refractivity contribution in [2.45, 2.75) is 39.7 Å². The fourth-order valence-electron chi connectivity index (χ4n) is 0.359. The van der Waals surface area contributed by atoms with Gasteiger partial charge in [-0.25, -0.2) is 0 Å². The van der Waals surface area contributed by atoms with E-state index in [-0.39, 0.29) is 0 Å². The van der Waals surface area contributed by atoms with Gasteiger partial charge in [-0.1, -0.05) is 6.92 Å². The largest absolute Gasteiger partial charge is 0.357 e. The van der Waals surface area contributed by atoms with Gasteiger partial charge in [0.15, 0.2) is 6.42 Å². The smallest absolute Gasteiger partial charge is 0.0606 e. The first-order chi connectivity index (χ1) is 3.77. The van der Waals surface area contributed by atoms with Crippen LogP contribution in [0, 0.1) is 0 Å². The summed E-state index contributed by atoms with van der Waals surface area (Å²) < 4.78 is 0. The van der Waals surface area contributed by atoms with Crippen molar-refractivity contribution in [3.05, 3.63) is 0 Å². The molecule has 0 heterocycles.